The molecule has 2 heteroatoms. The molecule has 4 aromatic carbocycles. The summed E-state index contributed by atoms with van der Waals surface area (Å²) in [6, 6.07) is 32.4. The smallest absolute Gasteiger partial charge is 0.125 e. The molecule has 0 spiro atoms. The second kappa shape index (κ2) is 6.77. The van der Waals surface area contributed by atoms with Gasteiger partial charge in [0.05, 0.1) is 5.52 Å². The zero-order chi connectivity index (χ0) is 20.1. The lowest BCUT2D eigenvalue weighted by Gasteiger charge is -2.27. The van der Waals surface area contributed by atoms with E-state index in [0.717, 1.165) is 18.6 Å². The Morgan fingerprint density at radius 1 is 0.733 bits per heavy atom. The number of aryl methyl sites for hydroxylation is 2. The topological polar surface area (TPSA) is 14.2 Å². The van der Waals surface area contributed by atoms with Crippen molar-refractivity contribution in [2.24, 2.45) is 7.05 Å². The number of nitrogens with zero attached hydrogens (tertiary/aromatic N) is 1. The van der Waals surface area contributed by atoms with E-state index in [-0.39, 0.29) is 6.10 Å². The van der Waals surface area contributed by atoms with Crippen LogP contribution in [0.5, 0.6) is 5.75 Å². The van der Waals surface area contributed by atoms with Gasteiger partial charge in [0.25, 0.3) is 0 Å². The number of rotatable bonds is 2. The summed E-state index contributed by atoms with van der Waals surface area (Å²) >= 11 is 0. The van der Waals surface area contributed by atoms with Crippen molar-refractivity contribution in [3.8, 4) is 16.9 Å². The highest BCUT2D eigenvalue weighted by atomic mass is 16.5. The second-order valence-corrected chi connectivity index (χ2v) is 8.15. The zero-order valence-corrected chi connectivity index (χ0v) is 17.0. The average molecular weight is 389 g/mol. The monoisotopic (exact) mass is 389 g/mol. The number of ether oxygens (including phenoxy) is 1. The lowest BCUT2D eigenvalue weighted by atomic mass is 9.94. The molecule has 1 unspecified atom stereocenters. The number of benzene rings is 4. The van der Waals surface area contributed by atoms with E-state index in [9.17, 15) is 0 Å². The molecule has 146 valence electrons. The first-order valence-electron chi connectivity index (χ1n) is 10.6. The van der Waals surface area contributed by atoms with Gasteiger partial charge in [0.2, 0.25) is 0 Å². The normalized spacial score (nSPS) is 15.8. The molecule has 0 saturated carbocycles. The first-order chi connectivity index (χ1) is 14.8. The van der Waals surface area contributed by atoms with E-state index >= 15 is 0 Å². The molecule has 0 radical (unpaired) electrons. The molecule has 5 aromatic rings. The molecule has 1 aliphatic heterocycles. The van der Waals surface area contributed by atoms with Gasteiger partial charge in [-0.05, 0) is 47.7 Å². The van der Waals surface area contributed by atoms with Crippen LogP contribution in [0.2, 0.25) is 0 Å². The third kappa shape index (κ3) is 2.64. The maximum atomic E-state index is 6.51. The highest BCUT2D eigenvalue weighted by molar-refractivity contribution is 6.09. The Morgan fingerprint density at radius 2 is 1.47 bits per heavy atom. The third-order valence-corrected chi connectivity index (χ3v) is 6.45. The molecule has 2 nitrogen and oxygen atoms in total. The Bertz CT molecular complexity index is 1360. The number of hydrogen-bond donors (Lipinski definition) is 0. The Balaban J connectivity index is 1.35. The highest BCUT2D eigenvalue weighted by Gasteiger charge is 2.25. The molecule has 1 aliphatic rings. The van der Waals surface area contributed by atoms with Crippen LogP contribution in [-0.2, 0) is 13.5 Å². The molecular weight excluding hydrogens is 366 g/mol. The first-order valence-corrected chi connectivity index (χ1v) is 10.6. The van der Waals surface area contributed by atoms with E-state index in [4.69, 9.17) is 4.74 Å². The van der Waals surface area contributed by atoms with E-state index < -0.39 is 0 Å². The molecule has 0 amide bonds. The minimum atomic E-state index is 0.106. The summed E-state index contributed by atoms with van der Waals surface area (Å²) in [5, 5.41) is 2.64. The number of fused-ring (bicyclic) bond motifs is 5. The van der Waals surface area contributed by atoms with Gasteiger partial charge in [0, 0.05) is 28.9 Å². The Labute approximate surface area is 176 Å². The molecule has 0 fully saturated rings. The van der Waals surface area contributed by atoms with Crippen molar-refractivity contribution >= 4 is 21.8 Å². The minimum Gasteiger partial charge on any atom is -0.485 e. The van der Waals surface area contributed by atoms with Crippen molar-refractivity contribution in [1.29, 1.82) is 0 Å². The fourth-order valence-corrected chi connectivity index (χ4v) is 4.93. The molecular formula is C28H23NO. The quantitative estimate of drug-likeness (QED) is 0.315. The summed E-state index contributed by atoms with van der Waals surface area (Å²) in [5.41, 5.74) is 7.66. The van der Waals surface area contributed by atoms with Crippen molar-refractivity contribution in [2.75, 3.05) is 0 Å². The number of hydrogen-bond acceptors (Lipinski definition) is 1. The zero-order valence-electron chi connectivity index (χ0n) is 17.0. The van der Waals surface area contributed by atoms with Crippen molar-refractivity contribution in [2.45, 2.75) is 18.9 Å². The van der Waals surface area contributed by atoms with Gasteiger partial charge in [0.15, 0.2) is 0 Å². The van der Waals surface area contributed by atoms with Crippen LogP contribution < -0.4 is 4.74 Å². The molecule has 0 saturated heterocycles. The predicted octanol–water partition coefficient (Wildman–Crippen LogP) is 7.06. The van der Waals surface area contributed by atoms with Crippen LogP contribution in [0.4, 0.5) is 0 Å². The van der Waals surface area contributed by atoms with Crippen molar-refractivity contribution in [1.82, 2.24) is 4.57 Å². The van der Waals surface area contributed by atoms with Crippen LogP contribution in [0.3, 0.4) is 0 Å². The molecule has 30 heavy (non-hydrogen) atoms. The van der Waals surface area contributed by atoms with Gasteiger partial charge in [-0.25, -0.2) is 0 Å². The van der Waals surface area contributed by atoms with Crippen molar-refractivity contribution < 1.29 is 4.74 Å². The van der Waals surface area contributed by atoms with Gasteiger partial charge in [-0.2, -0.15) is 0 Å². The van der Waals surface area contributed by atoms with Crippen molar-refractivity contribution in [3.05, 3.63) is 102 Å². The second-order valence-electron chi connectivity index (χ2n) is 8.15. The molecule has 0 aliphatic carbocycles. The average Bonchev–Trinajstić information content (AvgIpc) is 3.12. The predicted molar refractivity (Wildman–Crippen MR) is 124 cm³/mol. The molecule has 0 N–H and O–H groups in total. The van der Waals surface area contributed by atoms with Crippen LogP contribution >= 0.6 is 0 Å². The van der Waals surface area contributed by atoms with E-state index in [1.165, 1.54) is 44.1 Å². The van der Waals surface area contributed by atoms with Gasteiger partial charge in [-0.3, -0.25) is 0 Å². The van der Waals surface area contributed by atoms with Crippen LogP contribution in [0, 0.1) is 0 Å². The maximum Gasteiger partial charge on any atom is 0.125 e. The summed E-state index contributed by atoms with van der Waals surface area (Å²) in [6.45, 7) is 0. The Kier molecular flexibility index (Phi) is 3.92. The largest absolute Gasteiger partial charge is 0.485 e. The summed E-state index contributed by atoms with van der Waals surface area (Å²) in [6.07, 6.45) is 2.13. The Hall–Kier alpha value is -3.52. The molecule has 1 atom stereocenters. The highest BCUT2D eigenvalue weighted by Crippen LogP contribution is 2.41. The summed E-state index contributed by atoms with van der Waals surface area (Å²) < 4.78 is 8.83. The molecule has 1 aromatic heterocycles. The van der Waals surface area contributed by atoms with E-state index in [2.05, 4.69) is 103 Å². The van der Waals surface area contributed by atoms with Gasteiger partial charge >= 0.3 is 0 Å². The Morgan fingerprint density at radius 3 is 2.30 bits per heavy atom. The minimum absolute atomic E-state index is 0.106. The van der Waals surface area contributed by atoms with Crippen LogP contribution in [0.1, 0.15) is 23.7 Å². The van der Waals surface area contributed by atoms with Crippen LogP contribution in [-0.4, -0.2) is 4.57 Å². The molecule has 0 bridgehead atoms. The lowest BCUT2D eigenvalue weighted by Crippen LogP contribution is -2.15. The molecule has 6 rings (SSSR count). The summed E-state index contributed by atoms with van der Waals surface area (Å²) in [4.78, 5) is 0. The van der Waals surface area contributed by atoms with Crippen LogP contribution in [0.25, 0.3) is 32.9 Å². The first kappa shape index (κ1) is 17.3. The fourth-order valence-electron chi connectivity index (χ4n) is 4.93. The maximum absolute atomic E-state index is 6.51. The summed E-state index contributed by atoms with van der Waals surface area (Å²) in [7, 11) is 2.17. The summed E-state index contributed by atoms with van der Waals surface area (Å²) in [5.74, 6) is 1.02. The van der Waals surface area contributed by atoms with Crippen LogP contribution in [0.15, 0.2) is 91.0 Å². The van der Waals surface area contributed by atoms with Gasteiger partial charge < -0.3 is 9.30 Å². The number of para-hydroxylation sites is 1. The van der Waals surface area contributed by atoms with E-state index in [0.29, 0.717) is 0 Å². The fraction of sp³-hybridized carbons (Fsp3) is 0.143. The van der Waals surface area contributed by atoms with E-state index in [1.807, 2.05) is 0 Å². The van der Waals surface area contributed by atoms with Gasteiger partial charge in [-0.1, -0.05) is 72.8 Å². The van der Waals surface area contributed by atoms with Gasteiger partial charge in [0.1, 0.15) is 11.9 Å². The SMILES string of the molecule is Cn1c2ccccc2c2ccc3c(c21)CCC(c1ccc(-c2ccccc2)cc1)O3. The van der Waals surface area contributed by atoms with Gasteiger partial charge in [-0.15, -0.1) is 0 Å². The third-order valence-electron chi connectivity index (χ3n) is 6.45. The standard InChI is InChI=1S/C28H23NO/c1-29-25-10-6-5-9-22(25)23-15-18-27-24(28(23)29)16-17-26(30-27)21-13-11-20(12-14-21)19-7-3-2-4-8-19/h2-15,18,26H,16-17H2,1H3. The molecule has 2 heterocycles. The lowest BCUT2D eigenvalue weighted by molar-refractivity contribution is 0.177. The van der Waals surface area contributed by atoms with E-state index in [1.54, 1.807) is 0 Å². The number of aromatic nitrogens is 1. The van der Waals surface area contributed by atoms with Crippen molar-refractivity contribution in [3.63, 3.8) is 0 Å².